The molecule has 0 radical (unpaired) electrons. The Kier molecular flexibility index (Phi) is 8.80. The molecular weight excluding hydrogens is 514 g/mol. The molecule has 2 aromatic heterocycles. The minimum Gasteiger partial charge on any atom is -0.756 e. The third-order valence-corrected chi connectivity index (χ3v) is 7.49. The van der Waals surface area contributed by atoms with E-state index < -0.39 is 54.6 Å². The number of phosphoric ester groups is 1. The summed E-state index contributed by atoms with van der Waals surface area (Å²) in [6, 6.07) is 0. The van der Waals surface area contributed by atoms with Crippen LogP contribution in [0.4, 0.5) is 5.82 Å². The number of imidazole rings is 1. The molecule has 32 heavy (non-hydrogen) atoms. The van der Waals surface area contributed by atoms with Crippen molar-refractivity contribution in [2.75, 3.05) is 12.3 Å². The Labute approximate surface area is 200 Å². The van der Waals surface area contributed by atoms with Gasteiger partial charge in [-0.25, -0.2) is 23.6 Å². The van der Waals surface area contributed by atoms with E-state index in [1.54, 1.807) is 0 Å². The summed E-state index contributed by atoms with van der Waals surface area (Å²) in [5, 5.41) is 20.3. The Morgan fingerprint density at radius 3 is 2.38 bits per heavy atom. The minimum absolute atomic E-state index is 0. The smallest absolute Gasteiger partial charge is 0.756 e. The molecule has 3 heterocycles. The monoisotopic (exact) mass is 527 g/mol. The van der Waals surface area contributed by atoms with Crippen LogP contribution in [-0.2, 0) is 31.6 Å². The van der Waals surface area contributed by atoms with Crippen LogP contribution in [0.5, 0.6) is 0 Å². The van der Waals surface area contributed by atoms with E-state index >= 15 is 0 Å². The van der Waals surface area contributed by atoms with Crippen molar-refractivity contribution in [2.45, 2.75) is 24.5 Å². The number of aliphatic hydroxyl groups excluding tert-OH is 2. The number of ether oxygens (including phenoxy) is 1. The standard InChI is InChI=1S/C10H16N5O13P3.Na/c11-8-5-9(13-2-12-8)15(3-14-5)10-7(17)6(16)4(26-10)1-25-30(21,22)28-31(23,24)27-29(18,19)20;/h2-4,6-7,10,16-17H,1H2,(H,21,22)(H,23,24)(H2,11,12,13)(H2,18,19,20);/q;+1/p-3. The maximum absolute atomic E-state index is 11.6. The van der Waals surface area contributed by atoms with Crippen LogP contribution in [0.3, 0.4) is 0 Å². The summed E-state index contributed by atoms with van der Waals surface area (Å²) in [5.41, 5.74) is 5.94. The largest absolute Gasteiger partial charge is 1.00 e. The average Bonchev–Trinajstić information content (AvgIpc) is 3.13. The van der Waals surface area contributed by atoms with Crippen LogP contribution in [-0.4, -0.2) is 59.5 Å². The van der Waals surface area contributed by atoms with Crippen LogP contribution in [0.25, 0.3) is 11.2 Å². The van der Waals surface area contributed by atoms with Crippen molar-refractivity contribution in [1.29, 1.82) is 0 Å². The number of aromatic nitrogens is 4. The molecule has 1 aliphatic rings. The number of phosphoric acid groups is 3. The second kappa shape index (κ2) is 10.1. The van der Waals surface area contributed by atoms with Gasteiger partial charge in [-0.15, -0.1) is 0 Å². The van der Waals surface area contributed by atoms with Gasteiger partial charge in [-0.05, 0) is 0 Å². The van der Waals surface area contributed by atoms with Crippen molar-refractivity contribution < 1.29 is 90.9 Å². The molecule has 3 rings (SSSR count). The van der Waals surface area contributed by atoms with Crippen LogP contribution >= 0.6 is 23.5 Å². The molecule has 7 unspecified atom stereocenters. The first kappa shape index (κ1) is 27.9. The van der Waals surface area contributed by atoms with Gasteiger partial charge >= 0.3 is 29.6 Å². The molecule has 1 aliphatic heterocycles. The Balaban J connectivity index is 0.00000363. The summed E-state index contributed by atoms with van der Waals surface area (Å²) in [6.45, 7) is -1.06. The normalized spacial score (nSPS) is 29.1. The molecule has 0 bridgehead atoms. The summed E-state index contributed by atoms with van der Waals surface area (Å²) < 4.78 is 50.6. The number of nitrogen functional groups attached to an aromatic ring is 1. The molecule has 0 saturated carbocycles. The summed E-state index contributed by atoms with van der Waals surface area (Å²) in [5.74, 6) is 0.0240. The van der Waals surface area contributed by atoms with E-state index in [0.29, 0.717) is 0 Å². The molecule has 7 atom stereocenters. The average molecular weight is 527 g/mol. The first-order valence-corrected chi connectivity index (χ1v) is 12.3. The molecular formula is C10H13N5NaO13P3-2. The number of aliphatic hydroxyl groups is 2. The van der Waals surface area contributed by atoms with Crippen LogP contribution in [0.15, 0.2) is 12.7 Å². The van der Waals surface area contributed by atoms with Gasteiger partial charge < -0.3 is 44.8 Å². The molecule has 2 aromatic rings. The fourth-order valence-corrected chi connectivity index (χ4v) is 5.50. The van der Waals surface area contributed by atoms with Crippen LogP contribution in [0.1, 0.15) is 6.23 Å². The number of fused-ring (bicyclic) bond motifs is 1. The first-order valence-electron chi connectivity index (χ1n) is 7.87. The van der Waals surface area contributed by atoms with Crippen molar-refractivity contribution in [3.05, 3.63) is 12.7 Å². The van der Waals surface area contributed by atoms with Crippen molar-refractivity contribution in [2.24, 2.45) is 0 Å². The van der Waals surface area contributed by atoms with Gasteiger partial charge in [0.15, 0.2) is 17.7 Å². The van der Waals surface area contributed by atoms with Crippen molar-refractivity contribution in [1.82, 2.24) is 19.5 Å². The Bertz CT molecular complexity index is 1110. The van der Waals surface area contributed by atoms with Gasteiger partial charge in [-0.2, -0.15) is 0 Å². The molecule has 1 fully saturated rings. The summed E-state index contributed by atoms with van der Waals surface area (Å²) in [7, 11) is -17.7. The third kappa shape index (κ3) is 6.61. The van der Waals surface area contributed by atoms with Gasteiger partial charge in [0.1, 0.15) is 30.2 Å². The first-order chi connectivity index (χ1) is 14.2. The number of nitrogens with zero attached hydrogens (tertiary/aromatic N) is 4. The summed E-state index contributed by atoms with van der Waals surface area (Å²) in [4.78, 5) is 53.1. The predicted molar refractivity (Wildman–Crippen MR) is 88.8 cm³/mol. The number of anilines is 1. The van der Waals surface area contributed by atoms with Gasteiger partial charge in [0.2, 0.25) is 0 Å². The van der Waals surface area contributed by atoms with Gasteiger partial charge in [0, 0.05) is 0 Å². The molecule has 0 aromatic carbocycles. The van der Waals surface area contributed by atoms with Gasteiger partial charge in [-0.1, -0.05) is 0 Å². The van der Waals surface area contributed by atoms with Crippen LogP contribution in [0, 0.1) is 0 Å². The Morgan fingerprint density at radius 2 is 1.75 bits per heavy atom. The summed E-state index contributed by atoms with van der Waals surface area (Å²) in [6.07, 6.45) is -3.94. The second-order valence-electron chi connectivity index (χ2n) is 5.95. The van der Waals surface area contributed by atoms with Crippen LogP contribution in [0.2, 0.25) is 0 Å². The second-order valence-corrected chi connectivity index (χ2v) is 10.2. The quantitative estimate of drug-likeness (QED) is 0.183. The summed E-state index contributed by atoms with van der Waals surface area (Å²) >= 11 is 0. The number of nitrogens with two attached hydrogens (primary N) is 1. The van der Waals surface area contributed by atoms with E-state index in [2.05, 4.69) is 28.1 Å². The zero-order valence-corrected chi connectivity index (χ0v) is 20.5. The van der Waals surface area contributed by atoms with E-state index in [9.17, 15) is 38.6 Å². The SMILES string of the molecule is Nc1ncnc2c1ncn2C1OC(COP(=O)([O-])OP(=O)([O-])OP(=O)([O-])O)C(O)C1O.[Na+]. The minimum atomic E-state index is -6.08. The predicted octanol–water partition coefficient (Wildman–Crippen LogP) is -6.52. The van der Waals surface area contributed by atoms with E-state index in [1.807, 2.05) is 0 Å². The molecule has 0 amide bonds. The molecule has 22 heteroatoms. The topological polar surface area (TPSA) is 288 Å². The van der Waals surface area contributed by atoms with E-state index in [4.69, 9.17) is 15.4 Å². The zero-order valence-electron chi connectivity index (χ0n) is 15.8. The third-order valence-electron chi connectivity index (χ3n) is 3.80. The number of hydrogen-bond donors (Lipinski definition) is 4. The molecule has 0 spiro atoms. The van der Waals surface area contributed by atoms with Crippen molar-refractivity contribution in [3.63, 3.8) is 0 Å². The maximum atomic E-state index is 11.6. The fourth-order valence-electron chi connectivity index (χ4n) is 2.61. The van der Waals surface area contributed by atoms with Crippen molar-refractivity contribution in [3.8, 4) is 0 Å². The molecule has 0 aliphatic carbocycles. The molecule has 5 N–H and O–H groups in total. The molecule has 18 nitrogen and oxygen atoms in total. The van der Waals surface area contributed by atoms with Gasteiger partial charge in [-0.3, -0.25) is 18.3 Å². The van der Waals surface area contributed by atoms with Crippen LogP contribution < -0.4 is 50.0 Å². The Morgan fingerprint density at radius 1 is 1.09 bits per heavy atom. The molecule has 1 saturated heterocycles. The Hall–Kier alpha value is -0.360. The van der Waals surface area contributed by atoms with Gasteiger partial charge in [0.25, 0.3) is 23.5 Å². The molecule has 174 valence electrons. The van der Waals surface area contributed by atoms with Crippen molar-refractivity contribution >= 4 is 40.4 Å². The number of hydrogen-bond acceptors (Lipinski definition) is 16. The number of rotatable bonds is 8. The van der Waals surface area contributed by atoms with E-state index in [-0.39, 0.29) is 46.5 Å². The van der Waals surface area contributed by atoms with E-state index in [0.717, 1.165) is 6.33 Å². The van der Waals surface area contributed by atoms with E-state index in [1.165, 1.54) is 10.9 Å². The zero-order chi connectivity index (χ0) is 23.2. The maximum Gasteiger partial charge on any atom is 1.00 e. The fraction of sp³-hybridized carbons (Fsp3) is 0.500. The van der Waals surface area contributed by atoms with Gasteiger partial charge in [0.05, 0.1) is 12.9 Å².